The molecule has 1 atom stereocenters. The number of carbonyl (C=O) groups excluding carboxylic acids is 3. The molecule has 2 heterocycles. The van der Waals surface area contributed by atoms with Crippen LogP contribution in [0.4, 0.5) is 4.79 Å². The number of amides is 4. The number of nitrogens with zero attached hydrogens (tertiary/aromatic N) is 2. The van der Waals surface area contributed by atoms with Crippen LogP contribution in [0.3, 0.4) is 0 Å². The van der Waals surface area contributed by atoms with Gasteiger partial charge < -0.3 is 19.9 Å². The minimum Gasteiger partial charge on any atom is -0.496 e. The largest absolute Gasteiger partial charge is 0.496 e. The van der Waals surface area contributed by atoms with Gasteiger partial charge in [0.1, 0.15) is 11.8 Å². The van der Waals surface area contributed by atoms with Crippen LogP contribution in [0, 0.1) is 0 Å². The van der Waals surface area contributed by atoms with Crippen molar-refractivity contribution < 1.29 is 19.1 Å². The molecule has 0 saturated carbocycles. The lowest BCUT2D eigenvalue weighted by atomic mass is 10.1. The van der Waals surface area contributed by atoms with Crippen LogP contribution < -0.4 is 15.4 Å². The van der Waals surface area contributed by atoms with E-state index < -0.39 is 12.1 Å². The number of carbonyl (C=O) groups is 3. The van der Waals surface area contributed by atoms with Gasteiger partial charge in [0.15, 0.2) is 0 Å². The second-order valence-corrected chi connectivity index (χ2v) is 7.70. The van der Waals surface area contributed by atoms with E-state index in [9.17, 15) is 14.4 Å². The highest BCUT2D eigenvalue weighted by Crippen LogP contribution is 2.26. The number of imide groups is 1. The number of ether oxygens (including phenoxy) is 1. The number of nitrogens with one attached hydrogen (secondary N) is 2. The third-order valence-electron chi connectivity index (χ3n) is 5.62. The van der Waals surface area contributed by atoms with Crippen molar-refractivity contribution in [2.45, 2.75) is 32.0 Å². The van der Waals surface area contributed by atoms with Crippen LogP contribution in [0.5, 0.6) is 5.75 Å². The highest BCUT2D eigenvalue weighted by molar-refractivity contribution is 6.04. The van der Waals surface area contributed by atoms with Crippen molar-refractivity contribution in [3.05, 3.63) is 66.4 Å². The third-order valence-corrected chi connectivity index (χ3v) is 5.62. The molecule has 0 unspecified atom stereocenters. The highest BCUT2D eigenvalue weighted by atomic mass is 16.5. The predicted molar refractivity (Wildman–Crippen MR) is 120 cm³/mol. The minimum atomic E-state index is -0.669. The van der Waals surface area contributed by atoms with Gasteiger partial charge in [-0.05, 0) is 30.2 Å². The summed E-state index contributed by atoms with van der Waals surface area (Å²) in [4.78, 5) is 38.2. The summed E-state index contributed by atoms with van der Waals surface area (Å²) in [7, 11) is 1.64. The topological polar surface area (TPSA) is 92.7 Å². The van der Waals surface area contributed by atoms with Crippen LogP contribution in [0.2, 0.25) is 0 Å². The van der Waals surface area contributed by atoms with Crippen molar-refractivity contribution in [1.29, 1.82) is 0 Å². The fraction of sp³-hybridized carbons (Fsp3) is 0.292. The smallest absolute Gasteiger partial charge is 0.325 e. The van der Waals surface area contributed by atoms with Crippen molar-refractivity contribution in [2.24, 2.45) is 0 Å². The summed E-state index contributed by atoms with van der Waals surface area (Å²) >= 11 is 0. The first-order valence-electron chi connectivity index (χ1n) is 10.6. The van der Waals surface area contributed by atoms with Gasteiger partial charge in [0.25, 0.3) is 5.91 Å². The number of rotatable bonds is 9. The number of aromatic nitrogens is 1. The van der Waals surface area contributed by atoms with Gasteiger partial charge in [-0.25, -0.2) is 4.79 Å². The molecule has 2 N–H and O–H groups in total. The van der Waals surface area contributed by atoms with Crippen LogP contribution in [0.25, 0.3) is 10.9 Å². The third kappa shape index (κ3) is 4.59. The number of methoxy groups -OCH3 is 1. The fourth-order valence-electron chi connectivity index (χ4n) is 3.94. The van der Waals surface area contributed by atoms with E-state index >= 15 is 0 Å². The molecule has 4 amide bonds. The van der Waals surface area contributed by atoms with Crippen molar-refractivity contribution in [3.8, 4) is 5.75 Å². The monoisotopic (exact) mass is 434 g/mol. The summed E-state index contributed by atoms with van der Waals surface area (Å²) in [5, 5.41) is 6.59. The van der Waals surface area contributed by atoms with Gasteiger partial charge in [-0.2, -0.15) is 0 Å². The number of hydrogen-bond acceptors (Lipinski definition) is 4. The first-order valence-corrected chi connectivity index (χ1v) is 10.6. The number of urea groups is 1. The standard InChI is InChI=1S/C24H26N4O4/c1-32-21-9-5-8-20-18(21)12-14-27(20)15-13-25-22(29)11-10-19-23(30)28(24(31)26-19)16-17-6-3-2-4-7-17/h2-9,12,14,19H,10-11,13,15-16H2,1H3,(H,25,29)(H,26,31)/t19-/m1/s1. The Balaban J connectivity index is 1.24. The molecule has 8 nitrogen and oxygen atoms in total. The average Bonchev–Trinajstić information content (AvgIpc) is 3.34. The van der Waals surface area contributed by atoms with E-state index in [4.69, 9.17) is 4.74 Å². The zero-order chi connectivity index (χ0) is 22.5. The predicted octanol–water partition coefficient (Wildman–Crippen LogP) is 2.67. The van der Waals surface area contributed by atoms with E-state index in [1.165, 1.54) is 4.90 Å². The first-order chi connectivity index (χ1) is 15.6. The Bertz CT molecular complexity index is 1130. The van der Waals surface area contributed by atoms with Crippen LogP contribution in [-0.2, 0) is 22.7 Å². The summed E-state index contributed by atoms with van der Waals surface area (Å²) in [6.07, 6.45) is 2.40. The van der Waals surface area contributed by atoms with Crippen LogP contribution in [-0.4, -0.2) is 47.0 Å². The molecular weight excluding hydrogens is 408 g/mol. The molecule has 0 spiro atoms. The number of fused-ring (bicyclic) bond motifs is 1. The van der Waals surface area contributed by atoms with E-state index in [1.54, 1.807) is 7.11 Å². The second-order valence-electron chi connectivity index (χ2n) is 7.70. The number of benzene rings is 2. The molecule has 0 aliphatic carbocycles. The maximum absolute atomic E-state index is 12.6. The lowest BCUT2D eigenvalue weighted by Crippen LogP contribution is -2.33. The summed E-state index contributed by atoms with van der Waals surface area (Å²) in [5.41, 5.74) is 1.92. The van der Waals surface area contributed by atoms with E-state index in [2.05, 4.69) is 15.2 Å². The first kappa shape index (κ1) is 21.4. The second kappa shape index (κ2) is 9.55. The maximum atomic E-state index is 12.6. The molecule has 1 aliphatic rings. The Morgan fingerprint density at radius 2 is 1.91 bits per heavy atom. The Morgan fingerprint density at radius 3 is 2.69 bits per heavy atom. The molecule has 2 aromatic carbocycles. The van der Waals surface area contributed by atoms with Gasteiger partial charge in [0, 0.05) is 31.1 Å². The Labute approximate surface area is 186 Å². The Kier molecular flexibility index (Phi) is 6.39. The minimum absolute atomic E-state index is 0.150. The van der Waals surface area contributed by atoms with Crippen molar-refractivity contribution in [3.63, 3.8) is 0 Å². The lowest BCUT2D eigenvalue weighted by molar-refractivity contribution is -0.128. The van der Waals surface area contributed by atoms with E-state index in [1.807, 2.05) is 60.8 Å². The molecule has 32 heavy (non-hydrogen) atoms. The van der Waals surface area contributed by atoms with Gasteiger partial charge in [0.2, 0.25) is 5.91 Å². The Hall–Kier alpha value is -3.81. The molecule has 166 valence electrons. The van der Waals surface area contributed by atoms with Crippen molar-refractivity contribution in [2.75, 3.05) is 13.7 Å². The van der Waals surface area contributed by atoms with Crippen LogP contribution in [0.15, 0.2) is 60.8 Å². The summed E-state index contributed by atoms with van der Waals surface area (Å²) in [6, 6.07) is 16.1. The quantitative estimate of drug-likeness (QED) is 0.507. The van der Waals surface area contributed by atoms with Crippen LogP contribution in [0.1, 0.15) is 18.4 Å². The van der Waals surface area contributed by atoms with Gasteiger partial charge in [-0.3, -0.25) is 14.5 Å². The zero-order valence-electron chi connectivity index (χ0n) is 17.9. The molecule has 3 aromatic rings. The van der Waals surface area contributed by atoms with E-state index in [-0.39, 0.29) is 31.2 Å². The zero-order valence-corrected chi connectivity index (χ0v) is 17.9. The van der Waals surface area contributed by atoms with Gasteiger partial charge in [-0.1, -0.05) is 36.4 Å². The summed E-state index contributed by atoms with van der Waals surface area (Å²) in [6.45, 7) is 1.31. The summed E-state index contributed by atoms with van der Waals surface area (Å²) in [5.74, 6) is 0.372. The fourth-order valence-corrected chi connectivity index (χ4v) is 3.94. The molecule has 8 heteroatoms. The molecule has 1 aromatic heterocycles. The molecular formula is C24H26N4O4. The van der Waals surface area contributed by atoms with Gasteiger partial charge in [-0.15, -0.1) is 0 Å². The lowest BCUT2D eigenvalue weighted by Gasteiger charge is -2.13. The van der Waals surface area contributed by atoms with Crippen molar-refractivity contribution >= 4 is 28.7 Å². The van der Waals surface area contributed by atoms with E-state index in [0.29, 0.717) is 13.1 Å². The molecule has 0 bridgehead atoms. The van der Waals surface area contributed by atoms with E-state index in [0.717, 1.165) is 22.2 Å². The normalized spacial score (nSPS) is 15.8. The molecule has 0 radical (unpaired) electrons. The average molecular weight is 434 g/mol. The molecule has 1 saturated heterocycles. The van der Waals surface area contributed by atoms with Gasteiger partial charge >= 0.3 is 6.03 Å². The molecule has 1 aliphatic heterocycles. The van der Waals surface area contributed by atoms with Gasteiger partial charge in [0.05, 0.1) is 19.2 Å². The van der Waals surface area contributed by atoms with Crippen LogP contribution >= 0.6 is 0 Å². The van der Waals surface area contributed by atoms with Crippen molar-refractivity contribution in [1.82, 2.24) is 20.1 Å². The highest BCUT2D eigenvalue weighted by Gasteiger charge is 2.37. The Morgan fingerprint density at radius 1 is 1.09 bits per heavy atom. The summed E-state index contributed by atoms with van der Waals surface area (Å²) < 4.78 is 7.43. The SMILES string of the molecule is COc1cccc2c1ccn2CCNC(=O)CC[C@H]1NC(=O)N(Cc2ccccc2)C1=O. The molecule has 4 rings (SSSR count). The maximum Gasteiger partial charge on any atom is 0.325 e. The number of hydrogen-bond donors (Lipinski definition) is 2. The molecule has 1 fully saturated rings.